The van der Waals surface area contributed by atoms with Gasteiger partial charge < -0.3 is 10.2 Å². The van der Waals surface area contributed by atoms with Crippen molar-refractivity contribution in [3.05, 3.63) is 35.4 Å². The van der Waals surface area contributed by atoms with Crippen LogP contribution in [0.25, 0.3) is 0 Å². The maximum absolute atomic E-state index is 10.1. The molecule has 29 heavy (non-hydrogen) atoms. The van der Waals surface area contributed by atoms with Crippen LogP contribution in [0.2, 0.25) is 0 Å². The molecule has 0 aromatic rings. The maximum Gasteiger partial charge on any atom is 0.0626 e. The largest absolute Gasteiger partial charge is 0.393 e. The topological polar surface area (TPSA) is 40.5 Å². The minimum Gasteiger partial charge on any atom is -0.393 e. The van der Waals surface area contributed by atoms with Crippen LogP contribution in [0.3, 0.4) is 0 Å². The number of aliphatic hydroxyl groups is 2. The predicted octanol–water partition coefficient (Wildman–Crippen LogP) is 6.73. The molecule has 2 heteroatoms. The molecule has 3 aliphatic rings. The summed E-state index contributed by atoms with van der Waals surface area (Å²) in [6.45, 7) is 8.44. The normalized spacial score (nSPS) is 38.8. The summed E-state index contributed by atoms with van der Waals surface area (Å²) < 4.78 is 24.4. The molecular weight excluding hydrogens is 356 g/mol. The van der Waals surface area contributed by atoms with Gasteiger partial charge in [0, 0.05) is 0 Å². The molecule has 3 aliphatic carbocycles. The monoisotopic (exact) mass is 403 g/mol. The summed E-state index contributed by atoms with van der Waals surface area (Å²) in [6.07, 6.45) is 12.0. The van der Waals surface area contributed by atoms with E-state index in [0.717, 1.165) is 32.1 Å². The van der Waals surface area contributed by atoms with Gasteiger partial charge in [0.15, 0.2) is 0 Å². The number of allylic oxidation sites excluding steroid dienone is 4. The minimum absolute atomic E-state index is 0.204. The number of hydrogen-bond donors (Lipinski definition) is 2. The zero-order valence-electron chi connectivity index (χ0n) is 22.1. The van der Waals surface area contributed by atoms with Crippen molar-refractivity contribution in [1.29, 1.82) is 0 Å². The van der Waals surface area contributed by atoms with Crippen molar-refractivity contribution in [3.8, 4) is 0 Å². The quantitative estimate of drug-likeness (QED) is 0.516. The summed E-state index contributed by atoms with van der Waals surface area (Å²) >= 11 is 0. The molecule has 164 valence electrons. The Morgan fingerprint density at radius 3 is 2.86 bits per heavy atom. The van der Waals surface area contributed by atoms with Crippen molar-refractivity contribution >= 4 is 0 Å². The van der Waals surface area contributed by atoms with Crippen molar-refractivity contribution in [1.82, 2.24) is 0 Å². The summed E-state index contributed by atoms with van der Waals surface area (Å²) in [5.74, 6) is 1.82. The molecule has 0 aromatic carbocycles. The van der Waals surface area contributed by atoms with Crippen molar-refractivity contribution in [2.24, 2.45) is 23.2 Å². The molecule has 0 unspecified atom stereocenters. The van der Waals surface area contributed by atoms with Crippen LogP contribution < -0.4 is 0 Å². The molecule has 0 radical (unpaired) electrons. The van der Waals surface area contributed by atoms with Gasteiger partial charge in [-0.05, 0) is 100 Å². The van der Waals surface area contributed by atoms with Gasteiger partial charge in [0.05, 0.1) is 15.8 Å². The molecule has 3 saturated carbocycles. The van der Waals surface area contributed by atoms with Crippen LogP contribution in [-0.4, -0.2) is 21.9 Å². The van der Waals surface area contributed by atoms with Crippen LogP contribution in [0.4, 0.5) is 0 Å². The summed E-state index contributed by atoms with van der Waals surface area (Å²) in [6, 6.07) is 0.414. The van der Waals surface area contributed by atoms with Gasteiger partial charge in [0.25, 0.3) is 0 Å². The average molecular weight is 404 g/mol. The molecular formula is C27H44O2. The van der Waals surface area contributed by atoms with Crippen molar-refractivity contribution in [2.45, 2.75) is 110 Å². The van der Waals surface area contributed by atoms with E-state index in [-0.39, 0.29) is 11.9 Å². The van der Waals surface area contributed by atoms with Gasteiger partial charge in [-0.2, -0.15) is 0 Å². The van der Waals surface area contributed by atoms with E-state index < -0.39 is 11.7 Å². The Bertz CT molecular complexity index is 772. The first kappa shape index (κ1) is 18.9. The van der Waals surface area contributed by atoms with Gasteiger partial charge in [0.2, 0.25) is 0 Å². The van der Waals surface area contributed by atoms with E-state index in [2.05, 4.69) is 13.8 Å². The highest BCUT2D eigenvalue weighted by atomic mass is 16.3. The van der Waals surface area contributed by atoms with Crippen LogP contribution in [0.15, 0.2) is 35.4 Å². The number of rotatable bonds is 6. The fourth-order valence-corrected chi connectivity index (χ4v) is 6.49. The first-order chi connectivity index (χ1) is 14.9. The Labute approximate surface area is 183 Å². The zero-order valence-corrected chi connectivity index (χ0v) is 19.1. The smallest absolute Gasteiger partial charge is 0.0626 e. The molecule has 2 N–H and O–H groups in total. The molecule has 0 saturated heterocycles. The molecule has 0 spiro atoms. The minimum atomic E-state index is -0.585. The second-order valence-corrected chi connectivity index (χ2v) is 11.0. The van der Waals surface area contributed by atoms with Crippen LogP contribution in [0, 0.1) is 23.2 Å². The van der Waals surface area contributed by atoms with Gasteiger partial charge in [-0.25, -0.2) is 0 Å². The highest BCUT2D eigenvalue weighted by molar-refractivity contribution is 5.36. The van der Waals surface area contributed by atoms with Crippen LogP contribution in [0.5, 0.6) is 0 Å². The Morgan fingerprint density at radius 2 is 2.14 bits per heavy atom. The Morgan fingerprint density at radius 1 is 1.34 bits per heavy atom. The van der Waals surface area contributed by atoms with Gasteiger partial charge in [-0.3, -0.25) is 0 Å². The summed E-state index contributed by atoms with van der Waals surface area (Å²) in [5, 5.41) is 20.2. The van der Waals surface area contributed by atoms with Gasteiger partial charge in [0.1, 0.15) is 0 Å². The van der Waals surface area contributed by atoms with Gasteiger partial charge >= 0.3 is 0 Å². The Balaban J connectivity index is 1.79. The third-order valence-corrected chi connectivity index (χ3v) is 8.14. The first-order valence-corrected chi connectivity index (χ1v) is 11.9. The number of hydrogen-bond acceptors (Lipinski definition) is 2. The van der Waals surface area contributed by atoms with Crippen LogP contribution in [-0.2, 0) is 0 Å². The fourth-order valence-electron chi connectivity index (χ4n) is 6.49. The van der Waals surface area contributed by atoms with Crippen molar-refractivity contribution in [3.63, 3.8) is 0 Å². The molecule has 0 aromatic heterocycles. The van der Waals surface area contributed by atoms with Crippen LogP contribution >= 0.6 is 0 Å². The highest BCUT2D eigenvalue weighted by Gasteiger charge is 2.50. The van der Waals surface area contributed by atoms with Crippen LogP contribution in [0.1, 0.15) is 102 Å². The summed E-state index contributed by atoms with van der Waals surface area (Å²) in [7, 11) is 0. The molecule has 0 heterocycles. The molecule has 0 aliphatic heterocycles. The highest BCUT2D eigenvalue weighted by Crippen LogP contribution is 2.60. The third-order valence-electron chi connectivity index (χ3n) is 8.14. The van der Waals surface area contributed by atoms with Crippen molar-refractivity contribution in [2.75, 3.05) is 0 Å². The molecule has 0 amide bonds. The van der Waals surface area contributed by atoms with Crippen molar-refractivity contribution < 1.29 is 14.3 Å². The van der Waals surface area contributed by atoms with E-state index >= 15 is 0 Å². The van der Waals surface area contributed by atoms with E-state index in [4.69, 9.17) is 4.11 Å². The lowest BCUT2D eigenvalue weighted by Crippen LogP contribution is -2.36. The SMILES string of the molecule is [2H]C([2H])=C1CC[C@H](O)CC1=C([2H])/C=C1\CCC[C@]2(C)[C@@H]([C@H](C)CCCC(C)(C)O)CC[C@@H]12. The first-order valence-electron chi connectivity index (χ1n) is 13.4. The third kappa shape index (κ3) is 5.44. The lowest BCUT2D eigenvalue weighted by atomic mass is 9.60. The lowest BCUT2D eigenvalue weighted by Gasteiger charge is -2.44. The fraction of sp³-hybridized carbons (Fsp3) is 0.778. The molecule has 3 rings (SSSR count). The predicted molar refractivity (Wildman–Crippen MR) is 123 cm³/mol. The lowest BCUT2D eigenvalue weighted by molar-refractivity contribution is 0.0596. The van der Waals surface area contributed by atoms with E-state index in [0.29, 0.717) is 54.2 Å². The zero-order chi connectivity index (χ0) is 23.7. The Hall–Kier alpha value is -0.860. The molecule has 5 atom stereocenters. The van der Waals surface area contributed by atoms with E-state index in [1.807, 2.05) is 19.9 Å². The van der Waals surface area contributed by atoms with E-state index in [1.165, 1.54) is 24.8 Å². The standard InChI is InChI=1S/C27H44O2/c1-19-10-13-23(28)18-22(19)12-11-21-9-7-17-27(5)24(14-15-25(21)27)20(2)8-6-16-26(3,4)29/h11-12,20,23-25,28-29H,1,6-10,13-18H2,2-5H3/b21-11+,22-12?/t20-,23+,24-,25+,27-/m1/s1/i1D2,12D. The Kier molecular flexibility index (Phi) is 5.92. The molecule has 3 fully saturated rings. The molecule has 2 nitrogen and oxygen atoms in total. The number of aliphatic hydroxyl groups excluding tert-OH is 1. The maximum atomic E-state index is 10.1. The average Bonchev–Trinajstić information content (AvgIpc) is 3.04. The summed E-state index contributed by atoms with van der Waals surface area (Å²) in [5.41, 5.74) is 2.40. The summed E-state index contributed by atoms with van der Waals surface area (Å²) in [4.78, 5) is 0. The second-order valence-electron chi connectivity index (χ2n) is 11.0. The second kappa shape index (κ2) is 9.10. The number of fused-ring (bicyclic) bond motifs is 1. The van der Waals surface area contributed by atoms with Gasteiger partial charge in [-0.15, -0.1) is 0 Å². The van der Waals surface area contributed by atoms with E-state index in [9.17, 15) is 10.2 Å². The molecule has 0 bridgehead atoms. The van der Waals surface area contributed by atoms with Gasteiger partial charge in [-0.1, -0.05) is 56.5 Å². The van der Waals surface area contributed by atoms with E-state index in [1.54, 1.807) is 0 Å².